The number of carbonyl (C=O) groups is 2. The Morgan fingerprint density at radius 2 is 1.80 bits per heavy atom. The molecule has 13 heteroatoms. The lowest BCUT2D eigenvalue weighted by molar-refractivity contribution is -0.119. The summed E-state index contributed by atoms with van der Waals surface area (Å²) in [5, 5.41) is 13.8. The van der Waals surface area contributed by atoms with Gasteiger partial charge in [0.25, 0.3) is 11.5 Å². The highest BCUT2D eigenvalue weighted by molar-refractivity contribution is 6.39. The summed E-state index contributed by atoms with van der Waals surface area (Å²) in [6, 6.07) is 14.0. The summed E-state index contributed by atoms with van der Waals surface area (Å²) in [5.41, 5.74) is 4.19. The van der Waals surface area contributed by atoms with Crippen molar-refractivity contribution < 1.29 is 19.1 Å². The molecule has 1 fully saturated rings. The average molecular weight is 664 g/mol. The van der Waals surface area contributed by atoms with Gasteiger partial charge in [-0.1, -0.05) is 53.5 Å². The molecule has 3 heterocycles. The first-order valence-corrected chi connectivity index (χ1v) is 15.5. The molecule has 3 N–H and O–H groups in total. The number of hydrogen-bond acceptors (Lipinski definition) is 8. The first-order chi connectivity index (χ1) is 22.2. The van der Waals surface area contributed by atoms with Crippen LogP contribution in [-0.4, -0.2) is 59.5 Å². The maximum atomic E-state index is 12.9. The lowest BCUT2D eigenvalue weighted by atomic mass is 9.99. The smallest absolute Gasteiger partial charge is 0.279 e. The van der Waals surface area contributed by atoms with Crippen molar-refractivity contribution in [2.45, 2.75) is 37.5 Å². The van der Waals surface area contributed by atoms with Crippen LogP contribution in [0.1, 0.15) is 40.4 Å². The van der Waals surface area contributed by atoms with E-state index in [1.165, 1.54) is 19.3 Å². The van der Waals surface area contributed by atoms with Crippen LogP contribution in [0.5, 0.6) is 5.88 Å². The van der Waals surface area contributed by atoms with Gasteiger partial charge < -0.3 is 25.4 Å². The fourth-order valence-corrected chi connectivity index (χ4v) is 6.69. The van der Waals surface area contributed by atoms with Crippen molar-refractivity contribution in [2.24, 2.45) is 7.05 Å². The standard InChI is InChI=1S/C33H32Cl2N6O5/c1-41-33(44)22(12-13-37-41)31(43)39-23-9-5-7-20(29(23)35)19-6-4-8-21(28(19)34)24-14-17-15-25(45-2)30(27(17)32(40-24)46-3)36-16-18-10-11-26(42)38-18/h4-9,12-14,18,25,30,36H,10-11,15-16H2,1-3H3,(H,38,42)(H,39,43)/t18-,25-,30-/m0/s1. The zero-order valence-corrected chi connectivity index (χ0v) is 26.9. The molecule has 1 aliphatic carbocycles. The number of nitrogens with zero attached hydrogens (tertiary/aromatic N) is 3. The summed E-state index contributed by atoms with van der Waals surface area (Å²) in [7, 11) is 4.73. The number of rotatable bonds is 9. The normalized spacial score (nSPS) is 18.7. The molecule has 2 amide bonds. The number of fused-ring (bicyclic) bond motifs is 1. The lowest BCUT2D eigenvalue weighted by Gasteiger charge is -2.23. The molecule has 2 aromatic carbocycles. The number of benzene rings is 2. The third-order valence-electron chi connectivity index (χ3n) is 8.44. The van der Waals surface area contributed by atoms with Crippen molar-refractivity contribution in [1.29, 1.82) is 0 Å². The van der Waals surface area contributed by atoms with Crippen molar-refractivity contribution in [3.05, 3.63) is 91.8 Å². The van der Waals surface area contributed by atoms with Crippen LogP contribution in [-0.2, 0) is 23.0 Å². The molecule has 3 atom stereocenters. The van der Waals surface area contributed by atoms with E-state index in [0.29, 0.717) is 58.4 Å². The number of halogens is 2. The summed E-state index contributed by atoms with van der Waals surface area (Å²) in [6.07, 6.45) is 3.19. The molecular formula is C33H32Cl2N6O5. The first-order valence-electron chi connectivity index (χ1n) is 14.7. The minimum Gasteiger partial charge on any atom is -0.481 e. The summed E-state index contributed by atoms with van der Waals surface area (Å²) in [4.78, 5) is 41.9. The van der Waals surface area contributed by atoms with E-state index in [4.69, 9.17) is 37.7 Å². The Labute approximate surface area is 275 Å². The van der Waals surface area contributed by atoms with Gasteiger partial charge in [0, 0.05) is 68.0 Å². The number of aryl methyl sites for hydroxylation is 1. The van der Waals surface area contributed by atoms with Gasteiger partial charge >= 0.3 is 0 Å². The molecule has 0 bridgehead atoms. The van der Waals surface area contributed by atoms with Crippen LogP contribution in [0.25, 0.3) is 22.4 Å². The fourth-order valence-electron chi connectivity index (χ4n) is 6.09. The first kappa shape index (κ1) is 31.7. The van der Waals surface area contributed by atoms with Gasteiger partial charge in [0.15, 0.2) is 0 Å². The molecule has 4 aromatic rings. The molecule has 46 heavy (non-hydrogen) atoms. The van der Waals surface area contributed by atoms with Crippen LogP contribution in [0, 0.1) is 0 Å². The molecule has 2 aliphatic rings. The lowest BCUT2D eigenvalue weighted by Crippen LogP contribution is -2.40. The predicted octanol–water partition coefficient (Wildman–Crippen LogP) is 4.56. The SMILES string of the molecule is COc1nc(-c2cccc(-c3cccc(NC(=O)c4ccnn(C)c4=O)c3Cl)c2Cl)cc2c1[C@@H](NC[C@@H]1CCC(=O)N1)[C@@H](OC)C2. The molecule has 6 rings (SSSR count). The van der Waals surface area contributed by atoms with Crippen molar-refractivity contribution in [2.75, 3.05) is 26.1 Å². The van der Waals surface area contributed by atoms with Crippen molar-refractivity contribution in [3.8, 4) is 28.3 Å². The maximum absolute atomic E-state index is 12.9. The summed E-state index contributed by atoms with van der Waals surface area (Å²) >= 11 is 13.9. The number of amides is 2. The number of nitrogens with one attached hydrogen (secondary N) is 3. The van der Waals surface area contributed by atoms with Gasteiger partial charge in [-0.15, -0.1) is 0 Å². The van der Waals surface area contributed by atoms with Crippen LogP contribution in [0.3, 0.4) is 0 Å². The van der Waals surface area contributed by atoms with Crippen LogP contribution >= 0.6 is 23.2 Å². The van der Waals surface area contributed by atoms with E-state index in [1.54, 1.807) is 32.4 Å². The van der Waals surface area contributed by atoms with Crippen LogP contribution in [0.2, 0.25) is 10.0 Å². The van der Waals surface area contributed by atoms with E-state index in [9.17, 15) is 14.4 Å². The highest BCUT2D eigenvalue weighted by Gasteiger charge is 2.37. The minimum absolute atomic E-state index is 0.0610. The molecule has 1 saturated heterocycles. The van der Waals surface area contributed by atoms with Crippen LogP contribution < -0.4 is 26.2 Å². The van der Waals surface area contributed by atoms with Crippen molar-refractivity contribution in [1.82, 2.24) is 25.4 Å². The Morgan fingerprint density at radius 1 is 1.07 bits per heavy atom. The number of hydrogen-bond donors (Lipinski definition) is 3. The van der Waals surface area contributed by atoms with E-state index in [1.807, 2.05) is 24.3 Å². The summed E-state index contributed by atoms with van der Waals surface area (Å²) in [6.45, 7) is 0.605. The fraction of sp³-hybridized carbons (Fsp3) is 0.303. The highest BCUT2D eigenvalue weighted by atomic mass is 35.5. The van der Waals surface area contributed by atoms with Crippen LogP contribution in [0.15, 0.2) is 59.5 Å². The molecule has 0 spiro atoms. The zero-order chi connectivity index (χ0) is 32.5. The number of anilines is 1. The number of ether oxygens (including phenoxy) is 2. The second kappa shape index (κ2) is 13.2. The van der Waals surface area contributed by atoms with E-state index < -0.39 is 11.5 Å². The maximum Gasteiger partial charge on any atom is 0.279 e. The molecule has 238 valence electrons. The molecule has 11 nitrogen and oxygen atoms in total. The van der Waals surface area contributed by atoms with Gasteiger partial charge in [-0.05, 0) is 30.2 Å². The third kappa shape index (κ3) is 5.99. The van der Waals surface area contributed by atoms with Crippen LogP contribution in [0.4, 0.5) is 5.69 Å². The second-order valence-electron chi connectivity index (χ2n) is 11.2. The van der Waals surface area contributed by atoms with Gasteiger partial charge in [-0.2, -0.15) is 5.10 Å². The summed E-state index contributed by atoms with van der Waals surface area (Å²) < 4.78 is 12.7. The second-order valence-corrected chi connectivity index (χ2v) is 12.0. The summed E-state index contributed by atoms with van der Waals surface area (Å²) in [5.74, 6) is -0.0716. The van der Waals surface area contributed by atoms with Gasteiger partial charge in [0.1, 0.15) is 5.56 Å². The van der Waals surface area contributed by atoms with Gasteiger partial charge in [0.05, 0.1) is 40.7 Å². The van der Waals surface area contributed by atoms with Gasteiger partial charge in [-0.25, -0.2) is 9.67 Å². The molecule has 0 unspecified atom stereocenters. The molecule has 1 aliphatic heterocycles. The molecule has 2 aromatic heterocycles. The number of carbonyl (C=O) groups excluding carboxylic acids is 2. The number of aromatic nitrogens is 3. The molecule has 0 radical (unpaired) electrons. The van der Waals surface area contributed by atoms with E-state index in [-0.39, 0.29) is 34.7 Å². The number of pyridine rings is 1. The predicted molar refractivity (Wildman–Crippen MR) is 176 cm³/mol. The average Bonchev–Trinajstić information content (AvgIpc) is 3.64. The Bertz CT molecular complexity index is 1900. The van der Waals surface area contributed by atoms with E-state index in [0.717, 1.165) is 22.2 Å². The largest absolute Gasteiger partial charge is 0.481 e. The molecular weight excluding hydrogens is 631 g/mol. The topological polar surface area (TPSA) is 136 Å². The Balaban J connectivity index is 1.31. The van der Waals surface area contributed by atoms with Gasteiger partial charge in [-0.3, -0.25) is 14.4 Å². The third-order valence-corrected chi connectivity index (χ3v) is 9.25. The Hall–Kier alpha value is -4.29. The van der Waals surface area contributed by atoms with E-state index in [2.05, 4.69) is 21.0 Å². The van der Waals surface area contributed by atoms with E-state index >= 15 is 0 Å². The Morgan fingerprint density at radius 3 is 2.52 bits per heavy atom. The quantitative estimate of drug-likeness (QED) is 0.237. The Kier molecular flexibility index (Phi) is 9.10. The van der Waals surface area contributed by atoms with Crippen molar-refractivity contribution in [3.63, 3.8) is 0 Å². The zero-order valence-electron chi connectivity index (χ0n) is 25.4. The molecule has 0 saturated carbocycles. The highest BCUT2D eigenvalue weighted by Crippen LogP contribution is 2.44. The minimum atomic E-state index is -0.605. The van der Waals surface area contributed by atoms with Gasteiger partial charge in [0.2, 0.25) is 11.8 Å². The van der Waals surface area contributed by atoms with Crippen molar-refractivity contribution >= 4 is 40.7 Å². The monoisotopic (exact) mass is 662 g/mol. The number of methoxy groups -OCH3 is 2.